The third-order valence-corrected chi connectivity index (χ3v) is 5.91. The fourth-order valence-electron chi connectivity index (χ4n) is 4.05. The monoisotopic (exact) mass is 462 g/mol. The molecule has 34 heavy (non-hydrogen) atoms. The lowest BCUT2D eigenvalue weighted by Gasteiger charge is -2.13. The van der Waals surface area contributed by atoms with Crippen LogP contribution in [0, 0.1) is 19.7 Å². The minimum atomic E-state index is -0.535. The van der Waals surface area contributed by atoms with Crippen molar-refractivity contribution in [3.05, 3.63) is 87.2 Å². The lowest BCUT2D eigenvalue weighted by atomic mass is 10.0. The van der Waals surface area contributed by atoms with E-state index < -0.39 is 5.63 Å². The molecule has 6 nitrogen and oxygen atoms in total. The molecule has 1 amide bonds. The summed E-state index contributed by atoms with van der Waals surface area (Å²) in [6.07, 6.45) is 2.27. The maximum absolute atomic E-state index is 13.6. The number of carbonyl (C=O) groups is 1. The van der Waals surface area contributed by atoms with E-state index >= 15 is 0 Å². The molecule has 0 spiro atoms. The number of carbonyl (C=O) groups excluding carboxylic acids is 1. The summed E-state index contributed by atoms with van der Waals surface area (Å²) in [5.74, 6) is 0.0419. The Labute approximate surface area is 196 Å². The van der Waals surface area contributed by atoms with E-state index in [1.165, 1.54) is 12.1 Å². The van der Waals surface area contributed by atoms with Gasteiger partial charge in [0.1, 0.15) is 23.8 Å². The zero-order valence-electron chi connectivity index (χ0n) is 19.5. The van der Waals surface area contributed by atoms with Crippen LogP contribution in [0.25, 0.3) is 21.9 Å². The van der Waals surface area contributed by atoms with Crippen molar-refractivity contribution in [1.82, 2.24) is 10.3 Å². The first-order valence-corrected chi connectivity index (χ1v) is 11.1. The maximum atomic E-state index is 13.6. The minimum Gasteiger partial charge on any atom is -0.489 e. The second-order valence-corrected chi connectivity index (χ2v) is 8.58. The molecule has 176 valence electrons. The average Bonchev–Trinajstić information content (AvgIpc) is 3.18. The van der Waals surface area contributed by atoms with Gasteiger partial charge in [-0.3, -0.25) is 4.79 Å². The molecule has 4 rings (SSSR count). The highest BCUT2D eigenvalue weighted by molar-refractivity contribution is 5.87. The van der Waals surface area contributed by atoms with E-state index in [1.54, 1.807) is 6.07 Å². The number of rotatable bonds is 8. The molecule has 0 radical (unpaired) electrons. The Morgan fingerprint density at radius 2 is 1.97 bits per heavy atom. The molecule has 0 saturated heterocycles. The van der Waals surface area contributed by atoms with Gasteiger partial charge < -0.3 is 19.5 Å². The highest BCUT2D eigenvalue weighted by Crippen LogP contribution is 2.29. The molecule has 7 heteroatoms. The van der Waals surface area contributed by atoms with Crippen molar-refractivity contribution in [2.75, 3.05) is 13.2 Å². The van der Waals surface area contributed by atoms with Gasteiger partial charge in [-0.1, -0.05) is 6.58 Å². The Morgan fingerprint density at radius 1 is 1.18 bits per heavy atom. The maximum Gasteiger partial charge on any atom is 0.340 e. The number of nitrogens with one attached hydrogen (secondary N) is 2. The minimum absolute atomic E-state index is 0.0838. The molecular weight excluding hydrogens is 435 g/mol. The van der Waals surface area contributed by atoms with Crippen LogP contribution in [-0.2, 0) is 17.6 Å². The molecular formula is C27H27FN2O4. The van der Waals surface area contributed by atoms with E-state index in [-0.39, 0.29) is 18.1 Å². The fraction of sp³-hybridized carbons (Fsp3) is 0.259. The molecule has 0 aliphatic carbocycles. The zero-order chi connectivity index (χ0) is 24.4. The standard InChI is InChI=1S/C27H27FN2O4/c1-15(2)14-33-24-8-6-20-16(3)21(27(32)34-26(20)17(24)4)12-25(31)29-10-9-18-13-30-23-7-5-19(28)11-22(18)23/h5-8,11,13,30H,1,9-10,12,14H2,2-4H3,(H,29,31). The number of ether oxygens (including phenoxy) is 1. The van der Waals surface area contributed by atoms with Gasteiger partial charge in [-0.2, -0.15) is 0 Å². The number of aromatic amines is 1. The molecule has 0 bridgehead atoms. The van der Waals surface area contributed by atoms with Crippen LogP contribution in [-0.4, -0.2) is 24.0 Å². The summed E-state index contributed by atoms with van der Waals surface area (Å²) in [5, 5.41) is 4.40. The Bertz CT molecular complexity index is 1470. The molecule has 2 aromatic carbocycles. The van der Waals surface area contributed by atoms with E-state index in [0.29, 0.717) is 42.0 Å². The fourth-order valence-corrected chi connectivity index (χ4v) is 4.05. The molecule has 0 unspecified atom stereocenters. The Kier molecular flexibility index (Phi) is 6.54. The predicted molar refractivity (Wildman–Crippen MR) is 131 cm³/mol. The van der Waals surface area contributed by atoms with Gasteiger partial charge >= 0.3 is 5.63 Å². The van der Waals surface area contributed by atoms with Gasteiger partial charge in [0.05, 0.1) is 12.0 Å². The van der Waals surface area contributed by atoms with Crippen LogP contribution < -0.4 is 15.7 Å². The summed E-state index contributed by atoms with van der Waals surface area (Å²) in [6.45, 7) is 10.1. The molecule has 2 aromatic heterocycles. The van der Waals surface area contributed by atoms with Crippen molar-refractivity contribution in [3.63, 3.8) is 0 Å². The van der Waals surface area contributed by atoms with Crippen molar-refractivity contribution >= 4 is 27.8 Å². The lowest BCUT2D eigenvalue weighted by molar-refractivity contribution is -0.120. The number of aryl methyl sites for hydroxylation is 2. The van der Waals surface area contributed by atoms with Crippen LogP contribution >= 0.6 is 0 Å². The second-order valence-electron chi connectivity index (χ2n) is 8.58. The molecule has 0 saturated carbocycles. The summed E-state index contributed by atoms with van der Waals surface area (Å²) < 4.78 is 24.9. The van der Waals surface area contributed by atoms with E-state index in [0.717, 1.165) is 33.0 Å². The summed E-state index contributed by atoms with van der Waals surface area (Å²) >= 11 is 0. The summed E-state index contributed by atoms with van der Waals surface area (Å²) in [6, 6.07) is 8.24. The zero-order valence-corrected chi connectivity index (χ0v) is 19.5. The second kappa shape index (κ2) is 9.55. The van der Waals surface area contributed by atoms with Crippen molar-refractivity contribution < 1.29 is 18.3 Å². The summed E-state index contributed by atoms with van der Waals surface area (Å²) in [4.78, 5) is 28.4. The number of H-pyrrole nitrogens is 1. The predicted octanol–water partition coefficient (Wildman–Crippen LogP) is 4.89. The van der Waals surface area contributed by atoms with Crippen LogP contribution in [0.3, 0.4) is 0 Å². The van der Waals surface area contributed by atoms with E-state index in [9.17, 15) is 14.0 Å². The third-order valence-electron chi connectivity index (χ3n) is 5.91. The molecule has 0 fully saturated rings. The number of hydrogen-bond acceptors (Lipinski definition) is 4. The van der Waals surface area contributed by atoms with E-state index in [1.807, 2.05) is 39.1 Å². The lowest BCUT2D eigenvalue weighted by Crippen LogP contribution is -2.29. The molecule has 0 atom stereocenters. The van der Waals surface area contributed by atoms with Crippen LogP contribution in [0.2, 0.25) is 0 Å². The number of halogens is 1. The van der Waals surface area contributed by atoms with Crippen molar-refractivity contribution in [3.8, 4) is 5.75 Å². The largest absolute Gasteiger partial charge is 0.489 e. The SMILES string of the molecule is C=C(C)COc1ccc2c(C)c(CC(=O)NCCc3c[nH]c4ccc(F)cc34)c(=O)oc2c1C. The molecule has 0 aliphatic rings. The first-order valence-electron chi connectivity index (χ1n) is 11.1. The van der Waals surface area contributed by atoms with Gasteiger partial charge in [0, 0.05) is 34.6 Å². The number of benzene rings is 2. The Hall–Kier alpha value is -3.87. The summed E-state index contributed by atoms with van der Waals surface area (Å²) in [7, 11) is 0. The average molecular weight is 463 g/mol. The quantitative estimate of drug-likeness (QED) is 0.289. The van der Waals surface area contributed by atoms with Gasteiger partial charge in [-0.05, 0) is 74.2 Å². The van der Waals surface area contributed by atoms with E-state index in [4.69, 9.17) is 9.15 Å². The first-order chi connectivity index (χ1) is 16.2. The highest BCUT2D eigenvalue weighted by Gasteiger charge is 2.17. The third kappa shape index (κ3) is 4.73. The number of fused-ring (bicyclic) bond motifs is 2. The number of aromatic nitrogens is 1. The van der Waals surface area contributed by atoms with Gasteiger partial charge in [-0.25, -0.2) is 9.18 Å². The van der Waals surface area contributed by atoms with Gasteiger partial charge in [-0.15, -0.1) is 0 Å². The van der Waals surface area contributed by atoms with Crippen LogP contribution in [0.5, 0.6) is 5.75 Å². The smallest absolute Gasteiger partial charge is 0.340 e. The van der Waals surface area contributed by atoms with Crippen molar-refractivity contribution in [2.45, 2.75) is 33.6 Å². The van der Waals surface area contributed by atoms with E-state index in [2.05, 4.69) is 16.9 Å². The van der Waals surface area contributed by atoms with Crippen molar-refractivity contribution in [1.29, 1.82) is 0 Å². The first kappa shape index (κ1) is 23.3. The van der Waals surface area contributed by atoms with Gasteiger partial charge in [0.2, 0.25) is 5.91 Å². The van der Waals surface area contributed by atoms with Crippen LogP contribution in [0.15, 0.2) is 57.9 Å². The summed E-state index contributed by atoms with van der Waals surface area (Å²) in [5.41, 5.74) is 4.33. The van der Waals surface area contributed by atoms with Crippen LogP contribution in [0.4, 0.5) is 4.39 Å². The van der Waals surface area contributed by atoms with Crippen molar-refractivity contribution in [2.24, 2.45) is 0 Å². The highest BCUT2D eigenvalue weighted by atomic mass is 19.1. The molecule has 2 N–H and O–H groups in total. The van der Waals surface area contributed by atoms with Gasteiger partial charge in [0.25, 0.3) is 0 Å². The number of amides is 1. The molecule has 0 aliphatic heterocycles. The Balaban J connectivity index is 1.47. The van der Waals surface area contributed by atoms with Gasteiger partial charge in [0.15, 0.2) is 0 Å². The molecule has 2 heterocycles. The molecule has 4 aromatic rings. The van der Waals surface area contributed by atoms with Crippen LogP contribution in [0.1, 0.15) is 29.2 Å². The topological polar surface area (TPSA) is 84.3 Å². The Morgan fingerprint density at radius 3 is 2.74 bits per heavy atom. The number of hydrogen-bond donors (Lipinski definition) is 2. The normalized spacial score (nSPS) is 11.2.